The van der Waals surface area contributed by atoms with Gasteiger partial charge in [0.1, 0.15) is 11.9 Å². The molecule has 0 spiro atoms. The summed E-state index contributed by atoms with van der Waals surface area (Å²) in [5, 5.41) is 1.44. The van der Waals surface area contributed by atoms with Crippen molar-refractivity contribution in [2.45, 2.75) is 32.9 Å². The SMILES string of the molecule is Cc1cc(OC(c2cccc(Cl)c2)C(C)N)cc(C)c1Cl. The van der Waals surface area contributed by atoms with E-state index in [2.05, 4.69) is 0 Å². The predicted molar refractivity (Wildman–Crippen MR) is 89.4 cm³/mol. The van der Waals surface area contributed by atoms with E-state index >= 15 is 0 Å². The van der Waals surface area contributed by atoms with Gasteiger partial charge < -0.3 is 10.5 Å². The van der Waals surface area contributed by atoms with Crippen molar-refractivity contribution in [3.63, 3.8) is 0 Å². The monoisotopic (exact) mass is 323 g/mol. The maximum absolute atomic E-state index is 6.19. The molecular weight excluding hydrogens is 305 g/mol. The topological polar surface area (TPSA) is 35.2 Å². The molecule has 0 aliphatic rings. The van der Waals surface area contributed by atoms with Gasteiger partial charge in [-0.05, 0) is 61.7 Å². The molecule has 0 bridgehead atoms. The van der Waals surface area contributed by atoms with Crippen LogP contribution >= 0.6 is 23.2 Å². The molecule has 2 aromatic carbocycles. The van der Waals surface area contributed by atoms with E-state index in [4.69, 9.17) is 33.7 Å². The average molecular weight is 324 g/mol. The number of halogens is 2. The van der Waals surface area contributed by atoms with Gasteiger partial charge in [-0.2, -0.15) is 0 Å². The summed E-state index contributed by atoms with van der Waals surface area (Å²) in [6.45, 7) is 5.84. The van der Waals surface area contributed by atoms with Crippen LogP contribution in [0.3, 0.4) is 0 Å². The molecule has 2 N–H and O–H groups in total. The summed E-state index contributed by atoms with van der Waals surface area (Å²) < 4.78 is 6.09. The summed E-state index contributed by atoms with van der Waals surface area (Å²) in [5.74, 6) is 0.761. The Bertz CT molecular complexity index is 617. The van der Waals surface area contributed by atoms with Crippen molar-refractivity contribution in [2.75, 3.05) is 0 Å². The van der Waals surface area contributed by atoms with Crippen molar-refractivity contribution < 1.29 is 4.74 Å². The Morgan fingerprint density at radius 3 is 2.19 bits per heavy atom. The third-order valence-corrected chi connectivity index (χ3v) is 4.16. The van der Waals surface area contributed by atoms with Crippen molar-refractivity contribution in [3.8, 4) is 5.75 Å². The summed E-state index contributed by atoms with van der Waals surface area (Å²) in [5.41, 5.74) is 9.01. The highest BCUT2D eigenvalue weighted by atomic mass is 35.5. The molecule has 2 nitrogen and oxygen atoms in total. The van der Waals surface area contributed by atoms with E-state index in [1.54, 1.807) is 0 Å². The molecule has 4 heteroatoms. The highest BCUT2D eigenvalue weighted by molar-refractivity contribution is 6.32. The summed E-state index contributed by atoms with van der Waals surface area (Å²) in [6, 6.07) is 11.3. The predicted octanol–water partition coefficient (Wildman–Crippen LogP) is 5.08. The molecule has 2 rings (SSSR count). The van der Waals surface area contributed by atoms with Crippen LogP contribution in [0.5, 0.6) is 5.75 Å². The van der Waals surface area contributed by atoms with Gasteiger partial charge in [0.2, 0.25) is 0 Å². The maximum Gasteiger partial charge on any atom is 0.138 e. The second-order valence-electron chi connectivity index (χ2n) is 5.32. The number of benzene rings is 2. The van der Waals surface area contributed by atoms with E-state index in [0.717, 1.165) is 27.5 Å². The second-order valence-corrected chi connectivity index (χ2v) is 6.14. The zero-order valence-corrected chi connectivity index (χ0v) is 13.9. The Hall–Kier alpha value is -1.22. The smallest absolute Gasteiger partial charge is 0.138 e. The fourth-order valence-electron chi connectivity index (χ4n) is 2.28. The quantitative estimate of drug-likeness (QED) is 0.851. The molecule has 112 valence electrons. The van der Waals surface area contributed by atoms with E-state index in [-0.39, 0.29) is 12.1 Å². The fourth-order valence-corrected chi connectivity index (χ4v) is 2.59. The Morgan fingerprint density at radius 2 is 1.67 bits per heavy atom. The molecule has 2 unspecified atom stereocenters. The van der Waals surface area contributed by atoms with E-state index in [0.29, 0.717) is 5.02 Å². The van der Waals surface area contributed by atoms with Gasteiger partial charge >= 0.3 is 0 Å². The van der Waals surface area contributed by atoms with Crippen LogP contribution in [0, 0.1) is 13.8 Å². The minimum atomic E-state index is -0.260. The van der Waals surface area contributed by atoms with Crippen LogP contribution in [0.4, 0.5) is 0 Å². The zero-order chi connectivity index (χ0) is 15.6. The van der Waals surface area contributed by atoms with Gasteiger partial charge in [-0.15, -0.1) is 0 Å². The van der Waals surface area contributed by atoms with E-state index in [1.165, 1.54) is 0 Å². The second kappa shape index (κ2) is 6.69. The third-order valence-electron chi connectivity index (χ3n) is 3.33. The van der Waals surface area contributed by atoms with Crippen molar-refractivity contribution >= 4 is 23.2 Å². The lowest BCUT2D eigenvalue weighted by molar-refractivity contribution is 0.180. The first-order valence-electron chi connectivity index (χ1n) is 6.83. The molecule has 0 aliphatic carbocycles. The normalized spacial score (nSPS) is 13.8. The lowest BCUT2D eigenvalue weighted by atomic mass is 10.0. The highest BCUT2D eigenvalue weighted by Gasteiger charge is 2.19. The molecule has 2 aromatic rings. The Balaban J connectivity index is 2.33. The van der Waals surface area contributed by atoms with Gasteiger partial charge in [0.15, 0.2) is 0 Å². The van der Waals surface area contributed by atoms with Crippen LogP contribution in [-0.4, -0.2) is 6.04 Å². The number of ether oxygens (including phenoxy) is 1. The van der Waals surface area contributed by atoms with Crippen molar-refractivity contribution in [1.29, 1.82) is 0 Å². The van der Waals surface area contributed by atoms with Gasteiger partial charge in [0.05, 0.1) is 0 Å². The Morgan fingerprint density at radius 1 is 1.05 bits per heavy atom. The summed E-state index contributed by atoms with van der Waals surface area (Å²) >= 11 is 12.2. The summed E-state index contributed by atoms with van der Waals surface area (Å²) in [6.07, 6.45) is -0.260. The molecular formula is C17H19Cl2NO. The van der Waals surface area contributed by atoms with E-state index in [9.17, 15) is 0 Å². The lowest BCUT2D eigenvalue weighted by Gasteiger charge is -2.24. The van der Waals surface area contributed by atoms with Gasteiger partial charge in [-0.25, -0.2) is 0 Å². The van der Waals surface area contributed by atoms with Gasteiger partial charge in [0, 0.05) is 16.1 Å². The molecule has 0 aliphatic heterocycles. The van der Waals surface area contributed by atoms with Gasteiger partial charge in [0.25, 0.3) is 0 Å². The van der Waals surface area contributed by atoms with Gasteiger partial charge in [-0.3, -0.25) is 0 Å². The standard InChI is InChI=1S/C17H19Cl2NO/c1-10-7-15(8-11(2)16(10)19)21-17(12(3)20)13-5-4-6-14(18)9-13/h4-9,12,17H,20H2,1-3H3. The Labute approximate surface area is 135 Å². The molecule has 21 heavy (non-hydrogen) atoms. The molecule has 0 saturated carbocycles. The molecule has 0 fully saturated rings. The minimum absolute atomic E-state index is 0.167. The molecule has 0 aromatic heterocycles. The number of rotatable bonds is 4. The highest BCUT2D eigenvalue weighted by Crippen LogP contribution is 2.30. The number of hydrogen-bond acceptors (Lipinski definition) is 2. The number of hydrogen-bond donors (Lipinski definition) is 1. The first-order chi connectivity index (χ1) is 9.88. The fraction of sp³-hybridized carbons (Fsp3) is 0.294. The van der Waals surface area contributed by atoms with Crippen molar-refractivity contribution in [2.24, 2.45) is 5.73 Å². The zero-order valence-electron chi connectivity index (χ0n) is 12.4. The van der Waals surface area contributed by atoms with Crippen LogP contribution in [0.2, 0.25) is 10.0 Å². The lowest BCUT2D eigenvalue weighted by Crippen LogP contribution is -2.29. The van der Waals surface area contributed by atoms with Crippen LogP contribution in [0.25, 0.3) is 0 Å². The molecule has 0 saturated heterocycles. The molecule has 0 heterocycles. The van der Waals surface area contributed by atoms with Crippen LogP contribution in [0.1, 0.15) is 29.7 Å². The molecule has 0 amide bonds. The van der Waals surface area contributed by atoms with Crippen LogP contribution in [0.15, 0.2) is 36.4 Å². The molecule has 0 radical (unpaired) electrons. The van der Waals surface area contributed by atoms with Crippen LogP contribution in [-0.2, 0) is 0 Å². The number of nitrogens with two attached hydrogens (primary N) is 1. The van der Waals surface area contributed by atoms with Crippen molar-refractivity contribution in [3.05, 3.63) is 63.1 Å². The summed E-state index contributed by atoms with van der Waals surface area (Å²) in [7, 11) is 0. The first kappa shape index (κ1) is 16.2. The number of aryl methyl sites for hydroxylation is 2. The van der Waals surface area contributed by atoms with Crippen LogP contribution < -0.4 is 10.5 Å². The third kappa shape index (κ3) is 3.91. The van der Waals surface area contributed by atoms with E-state index in [1.807, 2.05) is 57.2 Å². The maximum atomic E-state index is 6.19. The first-order valence-corrected chi connectivity index (χ1v) is 7.58. The summed E-state index contributed by atoms with van der Waals surface area (Å²) in [4.78, 5) is 0. The van der Waals surface area contributed by atoms with E-state index < -0.39 is 0 Å². The average Bonchev–Trinajstić information content (AvgIpc) is 2.41. The van der Waals surface area contributed by atoms with Crippen molar-refractivity contribution in [1.82, 2.24) is 0 Å². The molecule has 2 atom stereocenters. The minimum Gasteiger partial charge on any atom is -0.484 e. The largest absolute Gasteiger partial charge is 0.484 e. The Kier molecular flexibility index (Phi) is 5.15. The van der Waals surface area contributed by atoms with Gasteiger partial charge in [-0.1, -0.05) is 35.3 Å².